The Hall–Kier alpha value is -0.870. The number of likely N-dealkylation sites (N-methyl/N-ethyl adjacent to an activating group) is 1. The van der Waals surface area contributed by atoms with Gasteiger partial charge in [0.1, 0.15) is 0 Å². The smallest absolute Gasteiger partial charge is 0.225 e. The van der Waals surface area contributed by atoms with Crippen molar-refractivity contribution in [1.29, 1.82) is 0 Å². The van der Waals surface area contributed by atoms with E-state index in [1.165, 1.54) is 4.88 Å². The molecule has 1 fully saturated rings. The highest BCUT2D eigenvalue weighted by Crippen LogP contribution is 2.29. The van der Waals surface area contributed by atoms with Crippen LogP contribution in [0.5, 0.6) is 0 Å². The zero-order valence-corrected chi connectivity index (χ0v) is 12.5. The van der Waals surface area contributed by atoms with Gasteiger partial charge in [0, 0.05) is 24.4 Å². The van der Waals surface area contributed by atoms with Crippen LogP contribution in [0.4, 0.5) is 0 Å². The van der Waals surface area contributed by atoms with Gasteiger partial charge in [0.05, 0.1) is 0 Å². The molecule has 0 unspecified atom stereocenters. The van der Waals surface area contributed by atoms with E-state index in [4.69, 9.17) is 5.73 Å². The van der Waals surface area contributed by atoms with Gasteiger partial charge in [0.15, 0.2) is 0 Å². The Bertz CT molecular complexity index is 383. The largest absolute Gasteiger partial charge is 0.345 e. The monoisotopic (exact) mass is 280 g/mol. The van der Waals surface area contributed by atoms with Gasteiger partial charge < -0.3 is 10.6 Å². The Morgan fingerprint density at radius 1 is 1.42 bits per heavy atom. The molecule has 106 valence electrons. The van der Waals surface area contributed by atoms with Crippen molar-refractivity contribution in [2.24, 2.45) is 17.6 Å². The van der Waals surface area contributed by atoms with Crippen LogP contribution in [0, 0.1) is 11.8 Å². The van der Waals surface area contributed by atoms with E-state index in [9.17, 15) is 4.79 Å². The minimum Gasteiger partial charge on any atom is -0.345 e. The fourth-order valence-electron chi connectivity index (χ4n) is 2.80. The minimum atomic E-state index is 0.233. The van der Waals surface area contributed by atoms with E-state index in [0.717, 1.165) is 45.2 Å². The number of nitrogens with two attached hydrogens (primary N) is 1. The third kappa shape index (κ3) is 4.05. The van der Waals surface area contributed by atoms with Crippen molar-refractivity contribution in [3.8, 4) is 0 Å². The minimum absolute atomic E-state index is 0.233. The van der Waals surface area contributed by atoms with Crippen molar-refractivity contribution in [3.05, 3.63) is 22.4 Å². The second kappa shape index (κ2) is 7.06. The second-order valence-electron chi connectivity index (χ2n) is 5.54. The molecule has 0 saturated heterocycles. The average molecular weight is 280 g/mol. The average Bonchev–Trinajstić information content (AvgIpc) is 2.97. The molecule has 1 saturated carbocycles. The summed E-state index contributed by atoms with van der Waals surface area (Å²) in [6.07, 6.45) is 5.24. The van der Waals surface area contributed by atoms with Crippen LogP contribution in [-0.2, 0) is 11.2 Å². The van der Waals surface area contributed by atoms with Crippen molar-refractivity contribution < 1.29 is 4.79 Å². The highest BCUT2D eigenvalue weighted by Gasteiger charge is 2.27. The molecule has 1 aromatic rings. The van der Waals surface area contributed by atoms with Gasteiger partial charge in [-0.2, -0.15) is 0 Å². The lowest BCUT2D eigenvalue weighted by Gasteiger charge is -2.30. The number of thiophene rings is 1. The molecule has 0 bridgehead atoms. The van der Waals surface area contributed by atoms with Gasteiger partial charge in [-0.15, -0.1) is 11.3 Å². The van der Waals surface area contributed by atoms with Crippen molar-refractivity contribution in [2.75, 3.05) is 20.1 Å². The molecule has 0 spiro atoms. The van der Waals surface area contributed by atoms with E-state index >= 15 is 0 Å². The third-order valence-electron chi connectivity index (χ3n) is 4.18. The Labute approximate surface area is 119 Å². The molecule has 1 aliphatic rings. The fourth-order valence-corrected chi connectivity index (χ4v) is 3.50. The van der Waals surface area contributed by atoms with Crippen LogP contribution in [0.3, 0.4) is 0 Å². The van der Waals surface area contributed by atoms with Gasteiger partial charge in [-0.1, -0.05) is 6.07 Å². The van der Waals surface area contributed by atoms with E-state index in [1.807, 2.05) is 11.9 Å². The van der Waals surface area contributed by atoms with E-state index < -0.39 is 0 Å². The summed E-state index contributed by atoms with van der Waals surface area (Å²) in [5.41, 5.74) is 5.69. The maximum Gasteiger partial charge on any atom is 0.225 e. The molecular formula is C15H24N2OS. The highest BCUT2D eigenvalue weighted by molar-refractivity contribution is 7.09. The van der Waals surface area contributed by atoms with Gasteiger partial charge in [0.25, 0.3) is 0 Å². The molecular weight excluding hydrogens is 256 g/mol. The number of nitrogens with zero attached hydrogens (tertiary/aromatic N) is 1. The van der Waals surface area contributed by atoms with Crippen LogP contribution in [0.2, 0.25) is 0 Å². The summed E-state index contributed by atoms with van der Waals surface area (Å²) >= 11 is 1.76. The summed E-state index contributed by atoms with van der Waals surface area (Å²) in [6.45, 7) is 1.60. The molecule has 1 aromatic heterocycles. The molecule has 2 rings (SSSR count). The lowest BCUT2D eigenvalue weighted by Crippen LogP contribution is -2.36. The number of hydrogen-bond donors (Lipinski definition) is 1. The van der Waals surface area contributed by atoms with Crippen LogP contribution in [-0.4, -0.2) is 30.9 Å². The first-order valence-corrected chi connectivity index (χ1v) is 8.06. The number of amides is 1. The van der Waals surface area contributed by atoms with Crippen LogP contribution in [0.1, 0.15) is 30.6 Å². The summed E-state index contributed by atoms with van der Waals surface area (Å²) in [7, 11) is 1.94. The molecule has 0 aliphatic heterocycles. The van der Waals surface area contributed by atoms with Crippen molar-refractivity contribution in [3.63, 3.8) is 0 Å². The Kier molecular flexibility index (Phi) is 5.40. The van der Waals surface area contributed by atoms with E-state index in [1.54, 1.807) is 11.3 Å². The first-order chi connectivity index (χ1) is 9.20. The number of hydrogen-bond acceptors (Lipinski definition) is 3. The molecule has 1 amide bonds. The number of carbonyl (C=O) groups is 1. The number of carbonyl (C=O) groups excluding carboxylic acids is 1. The topological polar surface area (TPSA) is 46.3 Å². The van der Waals surface area contributed by atoms with Crippen LogP contribution >= 0.6 is 11.3 Å². The Balaban J connectivity index is 1.76. The molecule has 1 heterocycles. The van der Waals surface area contributed by atoms with Crippen molar-refractivity contribution in [1.82, 2.24) is 4.90 Å². The van der Waals surface area contributed by atoms with E-state index in [0.29, 0.717) is 11.8 Å². The van der Waals surface area contributed by atoms with Crippen molar-refractivity contribution in [2.45, 2.75) is 32.1 Å². The predicted octanol–water partition coefficient (Wildman–Crippen LogP) is 2.51. The normalized spacial score (nSPS) is 23.3. The predicted molar refractivity (Wildman–Crippen MR) is 80.2 cm³/mol. The maximum atomic E-state index is 12.4. The summed E-state index contributed by atoms with van der Waals surface area (Å²) in [6, 6.07) is 4.20. The van der Waals surface area contributed by atoms with Crippen LogP contribution < -0.4 is 5.73 Å². The molecule has 0 radical (unpaired) electrons. The lowest BCUT2D eigenvalue weighted by molar-refractivity contribution is -0.135. The standard InChI is InChI=1S/C15H24N2OS/c1-17(9-8-14-3-2-10-19-14)15(18)13-6-4-12(11-16)5-7-13/h2-3,10,12-13H,4-9,11,16H2,1H3. The quantitative estimate of drug-likeness (QED) is 0.901. The first-order valence-electron chi connectivity index (χ1n) is 7.18. The fraction of sp³-hybridized carbons (Fsp3) is 0.667. The Morgan fingerprint density at radius 2 is 2.16 bits per heavy atom. The van der Waals surface area contributed by atoms with Gasteiger partial charge in [-0.25, -0.2) is 0 Å². The molecule has 2 N–H and O–H groups in total. The van der Waals surface area contributed by atoms with Gasteiger partial charge in [-0.3, -0.25) is 4.79 Å². The van der Waals surface area contributed by atoms with Crippen LogP contribution in [0.15, 0.2) is 17.5 Å². The molecule has 4 heteroatoms. The summed E-state index contributed by atoms with van der Waals surface area (Å²) < 4.78 is 0. The summed E-state index contributed by atoms with van der Waals surface area (Å²) in [4.78, 5) is 15.6. The van der Waals surface area contributed by atoms with E-state index in [-0.39, 0.29) is 5.92 Å². The van der Waals surface area contributed by atoms with Gasteiger partial charge in [-0.05, 0) is 56.0 Å². The Morgan fingerprint density at radius 3 is 2.74 bits per heavy atom. The van der Waals surface area contributed by atoms with Crippen molar-refractivity contribution >= 4 is 17.2 Å². The van der Waals surface area contributed by atoms with Crippen LogP contribution in [0.25, 0.3) is 0 Å². The molecule has 0 atom stereocenters. The summed E-state index contributed by atoms with van der Waals surface area (Å²) in [5.74, 6) is 1.20. The lowest BCUT2D eigenvalue weighted by atomic mass is 9.81. The van der Waals surface area contributed by atoms with E-state index in [2.05, 4.69) is 17.5 Å². The third-order valence-corrected chi connectivity index (χ3v) is 5.12. The number of rotatable bonds is 5. The molecule has 3 nitrogen and oxygen atoms in total. The highest BCUT2D eigenvalue weighted by atomic mass is 32.1. The first kappa shape index (κ1) is 14.5. The summed E-state index contributed by atoms with van der Waals surface area (Å²) in [5, 5.41) is 2.09. The van der Waals surface area contributed by atoms with Gasteiger partial charge >= 0.3 is 0 Å². The second-order valence-corrected chi connectivity index (χ2v) is 6.57. The maximum absolute atomic E-state index is 12.4. The molecule has 0 aromatic carbocycles. The zero-order chi connectivity index (χ0) is 13.7. The molecule has 1 aliphatic carbocycles. The molecule has 19 heavy (non-hydrogen) atoms. The van der Waals surface area contributed by atoms with Gasteiger partial charge in [0.2, 0.25) is 5.91 Å². The SMILES string of the molecule is CN(CCc1cccs1)C(=O)C1CCC(CN)CC1. The zero-order valence-electron chi connectivity index (χ0n) is 11.7.